The standard InChI is InChI=1S/C21H29BO5/c1-15(2)25-21(24)12-8-4-7-11-17-18(14-23)20-13-19(17)26-22(27-20)16-9-5-3-6-10-16/h3,5-7,9-11,15,17-20,23H,4,8,12-14H2,1-2H3/b11-7-/t17-,18-,19+,20-/m1/s1. The number of allylic oxidation sites excluding steroid dienone is 1. The van der Waals surface area contributed by atoms with E-state index in [0.29, 0.717) is 6.42 Å². The molecule has 2 fully saturated rings. The molecule has 146 valence electrons. The highest BCUT2D eigenvalue weighted by molar-refractivity contribution is 6.61. The minimum Gasteiger partial charge on any atom is -0.463 e. The van der Waals surface area contributed by atoms with Crippen LogP contribution in [0.5, 0.6) is 0 Å². The molecule has 0 aromatic heterocycles. The Labute approximate surface area is 161 Å². The van der Waals surface area contributed by atoms with Crippen LogP contribution in [0, 0.1) is 11.8 Å². The van der Waals surface area contributed by atoms with E-state index in [-0.39, 0.29) is 49.8 Å². The number of carbonyl (C=O) groups excluding carboxylic acids is 1. The molecule has 0 amide bonds. The van der Waals surface area contributed by atoms with Gasteiger partial charge in [-0.15, -0.1) is 0 Å². The van der Waals surface area contributed by atoms with Gasteiger partial charge in [0.1, 0.15) is 0 Å². The summed E-state index contributed by atoms with van der Waals surface area (Å²) in [6.45, 7) is 3.80. The van der Waals surface area contributed by atoms with Crippen LogP contribution in [-0.2, 0) is 18.8 Å². The molecule has 27 heavy (non-hydrogen) atoms. The highest BCUT2D eigenvalue weighted by Gasteiger charge is 2.50. The second kappa shape index (κ2) is 9.53. The Morgan fingerprint density at radius 1 is 1.30 bits per heavy atom. The van der Waals surface area contributed by atoms with Gasteiger partial charge in [-0.3, -0.25) is 4.79 Å². The molecule has 1 heterocycles. The van der Waals surface area contributed by atoms with Gasteiger partial charge in [-0.1, -0.05) is 42.5 Å². The summed E-state index contributed by atoms with van der Waals surface area (Å²) in [5.74, 6) is 0.0352. The number of carbonyl (C=O) groups is 1. The number of rotatable bonds is 8. The van der Waals surface area contributed by atoms with Crippen LogP contribution in [0.1, 0.15) is 39.5 Å². The van der Waals surface area contributed by atoms with E-state index in [1.807, 2.05) is 44.2 Å². The van der Waals surface area contributed by atoms with Crippen molar-refractivity contribution >= 4 is 18.6 Å². The highest BCUT2D eigenvalue weighted by Crippen LogP contribution is 2.41. The molecule has 1 aromatic rings. The van der Waals surface area contributed by atoms with Crippen LogP contribution in [0.3, 0.4) is 0 Å². The Hall–Kier alpha value is -1.63. The molecule has 6 heteroatoms. The lowest BCUT2D eigenvalue weighted by Crippen LogP contribution is -2.45. The molecule has 2 aliphatic rings. The van der Waals surface area contributed by atoms with Crippen molar-refractivity contribution in [2.75, 3.05) is 6.61 Å². The molecule has 1 aliphatic heterocycles. The molecule has 2 bridgehead atoms. The molecule has 1 aromatic carbocycles. The van der Waals surface area contributed by atoms with E-state index >= 15 is 0 Å². The van der Waals surface area contributed by atoms with Crippen molar-refractivity contribution in [3.05, 3.63) is 42.5 Å². The summed E-state index contributed by atoms with van der Waals surface area (Å²) in [7, 11) is -0.367. The van der Waals surface area contributed by atoms with Gasteiger partial charge in [0.25, 0.3) is 0 Å². The summed E-state index contributed by atoms with van der Waals surface area (Å²) in [5.41, 5.74) is 1.01. The zero-order chi connectivity index (χ0) is 19.2. The van der Waals surface area contributed by atoms with E-state index in [9.17, 15) is 9.90 Å². The van der Waals surface area contributed by atoms with Crippen LogP contribution in [0.2, 0.25) is 0 Å². The number of aliphatic hydroxyl groups is 1. The maximum absolute atomic E-state index is 11.6. The number of esters is 1. The Kier molecular flexibility index (Phi) is 7.10. The average molecular weight is 372 g/mol. The van der Waals surface area contributed by atoms with Gasteiger partial charge in [0.2, 0.25) is 0 Å². The fraction of sp³-hybridized carbons (Fsp3) is 0.571. The molecule has 0 radical (unpaired) electrons. The topological polar surface area (TPSA) is 65.0 Å². The molecular weight excluding hydrogens is 343 g/mol. The first-order chi connectivity index (χ1) is 13.1. The van der Waals surface area contributed by atoms with E-state index in [1.165, 1.54) is 0 Å². The molecule has 0 unspecified atom stereocenters. The largest absolute Gasteiger partial charge is 0.494 e. The van der Waals surface area contributed by atoms with Crippen molar-refractivity contribution in [1.82, 2.24) is 0 Å². The molecular formula is C21H29BO5. The number of hydrogen-bond acceptors (Lipinski definition) is 5. The summed E-state index contributed by atoms with van der Waals surface area (Å²) >= 11 is 0. The Morgan fingerprint density at radius 2 is 2.04 bits per heavy atom. The van der Waals surface area contributed by atoms with E-state index in [1.54, 1.807) is 0 Å². The predicted molar refractivity (Wildman–Crippen MR) is 104 cm³/mol. The molecule has 1 saturated carbocycles. The number of benzene rings is 1. The van der Waals surface area contributed by atoms with Crippen molar-refractivity contribution in [3.63, 3.8) is 0 Å². The maximum atomic E-state index is 11.6. The number of ether oxygens (including phenoxy) is 1. The quantitative estimate of drug-likeness (QED) is 0.329. The van der Waals surface area contributed by atoms with Crippen LogP contribution < -0.4 is 5.46 Å². The fourth-order valence-corrected chi connectivity index (χ4v) is 3.95. The minimum atomic E-state index is -0.367. The SMILES string of the molecule is CC(C)OC(=O)CCC/C=C\[C@@H]1[C@@H](CO)[C@H]2C[C@@H]1OB(c1ccccc1)O2. The Balaban J connectivity index is 1.53. The van der Waals surface area contributed by atoms with Gasteiger partial charge in [0.15, 0.2) is 0 Å². The number of hydrogen-bond donors (Lipinski definition) is 1. The third-order valence-corrected chi connectivity index (χ3v) is 5.22. The normalized spacial score (nSPS) is 27.5. The van der Waals surface area contributed by atoms with Crippen molar-refractivity contribution in [3.8, 4) is 0 Å². The van der Waals surface area contributed by atoms with Gasteiger partial charge in [-0.05, 0) is 38.6 Å². The molecule has 1 aliphatic carbocycles. The Bertz CT molecular complexity index is 633. The predicted octanol–water partition coefficient (Wildman–Crippen LogP) is 2.47. The van der Waals surface area contributed by atoms with Gasteiger partial charge in [0.05, 0.1) is 18.3 Å². The van der Waals surface area contributed by atoms with Crippen molar-refractivity contribution in [1.29, 1.82) is 0 Å². The minimum absolute atomic E-state index is 0.00891. The second-order valence-electron chi connectivity index (χ2n) is 7.61. The third-order valence-electron chi connectivity index (χ3n) is 5.22. The van der Waals surface area contributed by atoms with E-state index in [4.69, 9.17) is 14.0 Å². The first-order valence-electron chi connectivity index (χ1n) is 9.91. The Morgan fingerprint density at radius 3 is 2.74 bits per heavy atom. The number of fused-ring (bicyclic) bond motifs is 2. The van der Waals surface area contributed by atoms with Gasteiger partial charge in [0, 0.05) is 24.9 Å². The average Bonchev–Trinajstić information content (AvgIpc) is 2.90. The lowest BCUT2D eigenvalue weighted by atomic mass is 9.77. The molecule has 3 rings (SSSR count). The number of aliphatic hydroxyl groups excluding tert-OH is 1. The van der Waals surface area contributed by atoms with Gasteiger partial charge in [-0.25, -0.2) is 0 Å². The summed E-state index contributed by atoms with van der Waals surface area (Å²) in [4.78, 5) is 11.6. The molecule has 4 atom stereocenters. The van der Waals surface area contributed by atoms with Crippen molar-refractivity contribution in [2.45, 2.75) is 57.8 Å². The van der Waals surface area contributed by atoms with Crippen molar-refractivity contribution in [2.24, 2.45) is 11.8 Å². The first-order valence-corrected chi connectivity index (χ1v) is 9.91. The monoisotopic (exact) mass is 372 g/mol. The second-order valence-corrected chi connectivity index (χ2v) is 7.61. The van der Waals surface area contributed by atoms with Crippen LogP contribution in [0.4, 0.5) is 0 Å². The van der Waals surface area contributed by atoms with Crippen LogP contribution in [0.25, 0.3) is 0 Å². The number of unbranched alkanes of at least 4 members (excludes halogenated alkanes) is 1. The lowest BCUT2D eigenvalue weighted by Gasteiger charge is -2.27. The smallest absolute Gasteiger partial charge is 0.463 e. The summed E-state index contributed by atoms with van der Waals surface area (Å²) < 4.78 is 17.4. The zero-order valence-corrected chi connectivity index (χ0v) is 16.1. The molecule has 1 saturated heterocycles. The maximum Gasteiger partial charge on any atom is 0.494 e. The summed E-state index contributed by atoms with van der Waals surface area (Å²) in [5, 5.41) is 9.87. The third kappa shape index (κ3) is 5.21. The van der Waals surface area contributed by atoms with Gasteiger partial charge in [-0.2, -0.15) is 0 Å². The van der Waals surface area contributed by atoms with Crippen LogP contribution in [0.15, 0.2) is 42.5 Å². The molecule has 1 N–H and O–H groups in total. The van der Waals surface area contributed by atoms with E-state index in [0.717, 1.165) is 24.7 Å². The van der Waals surface area contributed by atoms with E-state index in [2.05, 4.69) is 12.2 Å². The lowest BCUT2D eigenvalue weighted by molar-refractivity contribution is -0.147. The van der Waals surface area contributed by atoms with Crippen molar-refractivity contribution < 1.29 is 23.9 Å². The molecule has 0 spiro atoms. The van der Waals surface area contributed by atoms with Crippen LogP contribution in [-0.4, -0.2) is 43.1 Å². The molecule has 5 nitrogen and oxygen atoms in total. The van der Waals surface area contributed by atoms with Gasteiger partial charge < -0.3 is 19.2 Å². The van der Waals surface area contributed by atoms with Gasteiger partial charge >= 0.3 is 13.1 Å². The fourth-order valence-electron chi connectivity index (χ4n) is 3.95. The zero-order valence-electron chi connectivity index (χ0n) is 16.1. The highest BCUT2D eigenvalue weighted by atomic mass is 16.6. The van der Waals surface area contributed by atoms with Crippen LogP contribution >= 0.6 is 0 Å². The summed E-state index contributed by atoms with van der Waals surface area (Å²) in [6.07, 6.45) is 7.03. The van der Waals surface area contributed by atoms with E-state index < -0.39 is 0 Å². The summed E-state index contributed by atoms with van der Waals surface area (Å²) in [6, 6.07) is 9.93. The first kappa shape index (κ1) is 20.1.